The molecule has 3 aliphatic rings. The first-order valence-electron chi connectivity index (χ1n) is 6.03. The van der Waals surface area contributed by atoms with Gasteiger partial charge in [0, 0.05) is 6.42 Å². The molecule has 0 aromatic heterocycles. The fraction of sp³-hybridized carbons (Fsp3) is 0.615. The number of hydrogen-bond acceptors (Lipinski definition) is 1. The zero-order valence-electron chi connectivity index (χ0n) is 8.96. The lowest BCUT2D eigenvalue weighted by Gasteiger charge is -2.37. The highest BCUT2D eigenvalue weighted by Crippen LogP contribution is 2.39. The van der Waals surface area contributed by atoms with Gasteiger partial charge in [0.15, 0.2) is 0 Å². The highest BCUT2D eigenvalue weighted by atomic mass is 16.1. The lowest BCUT2D eigenvalue weighted by Crippen LogP contribution is -2.43. The molecule has 1 saturated heterocycles. The number of fused-ring (bicyclic) bond motifs is 2. The van der Waals surface area contributed by atoms with Crippen molar-refractivity contribution >= 4 is 5.91 Å². The molecule has 1 fully saturated rings. The maximum atomic E-state index is 11.3. The van der Waals surface area contributed by atoms with Crippen molar-refractivity contribution in [2.24, 2.45) is 5.92 Å². The Morgan fingerprint density at radius 2 is 2.13 bits per heavy atom. The van der Waals surface area contributed by atoms with Gasteiger partial charge in [-0.1, -0.05) is 12.2 Å². The Morgan fingerprint density at radius 3 is 3.07 bits per heavy atom. The molecule has 1 N–H and O–H groups in total. The van der Waals surface area contributed by atoms with Gasteiger partial charge in [-0.2, -0.15) is 0 Å². The van der Waals surface area contributed by atoms with Crippen LogP contribution >= 0.6 is 0 Å². The van der Waals surface area contributed by atoms with Crippen molar-refractivity contribution in [3.8, 4) is 0 Å². The van der Waals surface area contributed by atoms with Gasteiger partial charge in [0.05, 0.1) is 6.04 Å². The summed E-state index contributed by atoms with van der Waals surface area (Å²) in [5, 5.41) is 3.12. The van der Waals surface area contributed by atoms with Crippen molar-refractivity contribution in [2.75, 3.05) is 0 Å². The van der Waals surface area contributed by atoms with Gasteiger partial charge in [-0.05, 0) is 49.2 Å². The topological polar surface area (TPSA) is 29.1 Å². The molecular weight excluding hydrogens is 186 g/mol. The molecule has 2 nitrogen and oxygen atoms in total. The molecule has 2 aliphatic carbocycles. The van der Waals surface area contributed by atoms with E-state index in [9.17, 15) is 4.79 Å². The van der Waals surface area contributed by atoms with Crippen molar-refractivity contribution in [3.63, 3.8) is 0 Å². The van der Waals surface area contributed by atoms with E-state index >= 15 is 0 Å². The number of amides is 1. The molecule has 3 rings (SSSR count). The van der Waals surface area contributed by atoms with E-state index in [0.717, 1.165) is 18.8 Å². The maximum Gasteiger partial charge on any atom is 0.220 e. The van der Waals surface area contributed by atoms with E-state index in [1.807, 2.05) is 0 Å². The molecular formula is C13H17NO. The molecule has 1 aliphatic heterocycles. The average molecular weight is 203 g/mol. The summed E-state index contributed by atoms with van der Waals surface area (Å²) in [6.45, 7) is 0. The van der Waals surface area contributed by atoms with Crippen LogP contribution in [0.1, 0.15) is 38.5 Å². The molecule has 80 valence electrons. The van der Waals surface area contributed by atoms with Crippen LogP contribution in [-0.4, -0.2) is 11.9 Å². The molecule has 0 bridgehead atoms. The normalized spacial score (nSPS) is 34.5. The molecule has 2 atom stereocenters. The number of nitrogens with one attached hydrogen (secondary N) is 1. The third kappa shape index (κ3) is 1.52. The van der Waals surface area contributed by atoms with Crippen LogP contribution in [0.3, 0.4) is 0 Å². The van der Waals surface area contributed by atoms with Gasteiger partial charge < -0.3 is 5.32 Å². The first kappa shape index (κ1) is 9.20. The SMILES string of the molecule is O=C1CCC2=C3C=CCCC3CCC2N1. The second-order valence-electron chi connectivity index (χ2n) is 4.85. The lowest BCUT2D eigenvalue weighted by atomic mass is 9.73. The molecule has 0 spiro atoms. The molecule has 1 amide bonds. The van der Waals surface area contributed by atoms with E-state index < -0.39 is 0 Å². The van der Waals surface area contributed by atoms with Crippen LogP contribution in [0, 0.1) is 5.92 Å². The van der Waals surface area contributed by atoms with E-state index in [0.29, 0.717) is 12.5 Å². The number of hydrogen-bond donors (Lipinski definition) is 1. The Labute approximate surface area is 90.4 Å². The van der Waals surface area contributed by atoms with Crippen molar-refractivity contribution in [3.05, 3.63) is 23.3 Å². The van der Waals surface area contributed by atoms with Crippen molar-refractivity contribution in [1.29, 1.82) is 0 Å². The Balaban J connectivity index is 1.97. The third-order valence-electron chi connectivity index (χ3n) is 3.97. The summed E-state index contributed by atoms with van der Waals surface area (Å²) in [5.41, 5.74) is 3.08. The number of carbonyl (C=O) groups excluding carboxylic acids is 1. The van der Waals surface area contributed by atoms with Gasteiger partial charge in [-0.15, -0.1) is 0 Å². The van der Waals surface area contributed by atoms with Crippen LogP contribution in [0.4, 0.5) is 0 Å². The molecule has 2 unspecified atom stereocenters. The standard InChI is InChI=1S/C13H17NO/c15-13-8-6-11-10-4-2-1-3-9(10)5-7-12(11)14-13/h2,4,9,12H,1,3,5-8H2,(H,14,15). The van der Waals surface area contributed by atoms with E-state index in [-0.39, 0.29) is 5.91 Å². The Hall–Kier alpha value is -1.05. The third-order valence-corrected chi connectivity index (χ3v) is 3.97. The average Bonchev–Trinajstić information content (AvgIpc) is 2.28. The zero-order chi connectivity index (χ0) is 10.3. The molecule has 1 heterocycles. The minimum atomic E-state index is 0.239. The van der Waals surface area contributed by atoms with Crippen molar-refractivity contribution in [1.82, 2.24) is 5.32 Å². The van der Waals surface area contributed by atoms with Crippen LogP contribution in [0.2, 0.25) is 0 Å². The van der Waals surface area contributed by atoms with E-state index in [1.165, 1.54) is 24.8 Å². The molecule has 2 heteroatoms. The van der Waals surface area contributed by atoms with Crippen LogP contribution in [-0.2, 0) is 4.79 Å². The minimum absolute atomic E-state index is 0.239. The van der Waals surface area contributed by atoms with Crippen LogP contribution in [0.25, 0.3) is 0 Å². The summed E-state index contributed by atoms with van der Waals surface area (Å²) in [6.07, 6.45) is 11.2. The summed E-state index contributed by atoms with van der Waals surface area (Å²) < 4.78 is 0. The van der Waals surface area contributed by atoms with E-state index in [4.69, 9.17) is 0 Å². The fourth-order valence-corrected chi connectivity index (χ4v) is 3.20. The summed E-state index contributed by atoms with van der Waals surface area (Å²) in [5.74, 6) is 1.03. The van der Waals surface area contributed by atoms with Crippen LogP contribution < -0.4 is 5.32 Å². The van der Waals surface area contributed by atoms with Gasteiger partial charge in [0.2, 0.25) is 5.91 Å². The molecule has 0 radical (unpaired) electrons. The number of carbonyl (C=O) groups is 1. The maximum absolute atomic E-state index is 11.3. The minimum Gasteiger partial charge on any atom is -0.350 e. The second-order valence-corrected chi connectivity index (χ2v) is 4.85. The quantitative estimate of drug-likeness (QED) is 0.643. The van der Waals surface area contributed by atoms with Crippen LogP contribution in [0.5, 0.6) is 0 Å². The molecule has 0 aromatic rings. The van der Waals surface area contributed by atoms with Gasteiger partial charge in [-0.3, -0.25) is 4.79 Å². The summed E-state index contributed by atoms with van der Waals surface area (Å²) >= 11 is 0. The predicted molar refractivity (Wildman–Crippen MR) is 59.3 cm³/mol. The van der Waals surface area contributed by atoms with E-state index in [1.54, 1.807) is 5.57 Å². The Bertz CT molecular complexity index is 354. The first-order valence-corrected chi connectivity index (χ1v) is 6.03. The van der Waals surface area contributed by atoms with Gasteiger partial charge >= 0.3 is 0 Å². The summed E-state index contributed by atoms with van der Waals surface area (Å²) in [7, 11) is 0. The predicted octanol–water partition coefficient (Wildman–Crippen LogP) is 2.32. The van der Waals surface area contributed by atoms with Gasteiger partial charge in [-0.25, -0.2) is 0 Å². The number of piperidine rings is 1. The second kappa shape index (κ2) is 3.51. The van der Waals surface area contributed by atoms with Crippen molar-refractivity contribution in [2.45, 2.75) is 44.6 Å². The number of allylic oxidation sites excluding steroid dienone is 3. The Kier molecular flexibility index (Phi) is 2.15. The van der Waals surface area contributed by atoms with Crippen LogP contribution in [0.15, 0.2) is 23.3 Å². The largest absolute Gasteiger partial charge is 0.350 e. The highest BCUT2D eigenvalue weighted by molar-refractivity contribution is 5.78. The molecule has 0 saturated carbocycles. The Morgan fingerprint density at radius 1 is 1.20 bits per heavy atom. The monoisotopic (exact) mass is 203 g/mol. The summed E-state index contributed by atoms with van der Waals surface area (Å²) in [4.78, 5) is 11.3. The van der Waals surface area contributed by atoms with Gasteiger partial charge in [0.1, 0.15) is 0 Å². The highest BCUT2D eigenvalue weighted by Gasteiger charge is 2.32. The smallest absolute Gasteiger partial charge is 0.220 e. The lowest BCUT2D eigenvalue weighted by molar-refractivity contribution is -0.122. The van der Waals surface area contributed by atoms with Gasteiger partial charge in [0.25, 0.3) is 0 Å². The fourth-order valence-electron chi connectivity index (χ4n) is 3.20. The van der Waals surface area contributed by atoms with E-state index in [2.05, 4.69) is 17.5 Å². The first-order chi connectivity index (χ1) is 7.34. The van der Waals surface area contributed by atoms with Crippen molar-refractivity contribution < 1.29 is 4.79 Å². The summed E-state index contributed by atoms with van der Waals surface area (Å²) in [6, 6.07) is 0.361. The number of rotatable bonds is 0. The molecule has 0 aromatic carbocycles. The zero-order valence-corrected chi connectivity index (χ0v) is 8.96. The molecule has 15 heavy (non-hydrogen) atoms.